The maximum Gasteiger partial charge on any atom is 0.224 e. The van der Waals surface area contributed by atoms with Crippen molar-refractivity contribution in [2.24, 2.45) is 0 Å². The molecule has 0 unspecified atom stereocenters. The lowest BCUT2D eigenvalue weighted by Gasteiger charge is -2.29. The van der Waals surface area contributed by atoms with Gasteiger partial charge in [0.05, 0.1) is 0 Å². The highest BCUT2D eigenvalue weighted by Gasteiger charge is 2.19. The quantitative estimate of drug-likeness (QED) is 0.895. The third-order valence-electron chi connectivity index (χ3n) is 4.73. The number of hydrogen-bond donors (Lipinski definition) is 1. The Morgan fingerprint density at radius 3 is 2.50 bits per heavy atom. The van der Waals surface area contributed by atoms with Gasteiger partial charge in [0.2, 0.25) is 5.91 Å². The summed E-state index contributed by atoms with van der Waals surface area (Å²) in [5.74, 6) is 0.776. The Balaban J connectivity index is 1.48. The summed E-state index contributed by atoms with van der Waals surface area (Å²) in [6.07, 6.45) is 1.50. The van der Waals surface area contributed by atoms with Gasteiger partial charge in [-0.2, -0.15) is 0 Å². The van der Waals surface area contributed by atoms with Crippen LogP contribution in [0.2, 0.25) is 0 Å². The number of nitrogens with zero attached hydrogens (tertiary/aromatic N) is 1. The molecule has 0 radical (unpaired) electrons. The van der Waals surface area contributed by atoms with Crippen LogP contribution in [0.15, 0.2) is 48.5 Å². The smallest absolute Gasteiger partial charge is 0.224 e. The molecule has 0 spiro atoms. The van der Waals surface area contributed by atoms with Crippen molar-refractivity contribution >= 4 is 11.6 Å². The van der Waals surface area contributed by atoms with Crippen LogP contribution in [0.3, 0.4) is 0 Å². The van der Waals surface area contributed by atoms with Crippen LogP contribution >= 0.6 is 0 Å². The molecule has 0 aromatic heterocycles. The van der Waals surface area contributed by atoms with Gasteiger partial charge in [0.25, 0.3) is 0 Å². The Labute approximate surface area is 144 Å². The molecule has 24 heavy (non-hydrogen) atoms. The highest BCUT2D eigenvalue weighted by molar-refractivity contribution is 5.77. The molecule has 3 nitrogen and oxygen atoms in total. The van der Waals surface area contributed by atoms with Crippen molar-refractivity contribution < 1.29 is 4.79 Å². The molecule has 0 fully saturated rings. The highest BCUT2D eigenvalue weighted by atomic mass is 16.2. The maximum absolute atomic E-state index is 12.4. The fourth-order valence-corrected chi connectivity index (χ4v) is 3.17. The van der Waals surface area contributed by atoms with Crippen molar-refractivity contribution in [2.45, 2.75) is 39.2 Å². The lowest BCUT2D eigenvalue weighted by Crippen LogP contribution is -2.36. The lowest BCUT2D eigenvalue weighted by molar-refractivity contribution is -0.131. The summed E-state index contributed by atoms with van der Waals surface area (Å²) in [6, 6.07) is 16.9. The van der Waals surface area contributed by atoms with E-state index in [0.717, 1.165) is 25.2 Å². The van der Waals surface area contributed by atoms with Crippen LogP contribution in [-0.2, 0) is 17.8 Å². The Bertz CT molecular complexity index is 691. The minimum Gasteiger partial charge on any atom is -0.385 e. The fourth-order valence-electron chi connectivity index (χ4n) is 3.17. The standard InChI is InChI=1S/C21H26N2O/c1-16(2)17-7-9-20(10-8-17)22-13-11-21(24)23-14-12-18-5-3-4-6-19(18)15-23/h3-10,16,22H,11-15H2,1-2H3. The molecule has 2 aromatic rings. The molecule has 3 rings (SSSR count). The second-order valence-electron chi connectivity index (χ2n) is 6.79. The van der Waals surface area contributed by atoms with Gasteiger partial charge in [0.1, 0.15) is 0 Å². The van der Waals surface area contributed by atoms with Gasteiger partial charge in [-0.05, 0) is 41.2 Å². The molecule has 3 heteroatoms. The molecule has 0 bridgehead atoms. The lowest BCUT2D eigenvalue weighted by atomic mass is 10.00. The summed E-state index contributed by atoms with van der Waals surface area (Å²) in [6.45, 7) is 6.64. The molecule has 126 valence electrons. The van der Waals surface area contributed by atoms with Gasteiger partial charge < -0.3 is 10.2 Å². The number of nitrogens with one attached hydrogen (secondary N) is 1. The Kier molecular flexibility index (Phi) is 5.19. The number of hydrogen-bond acceptors (Lipinski definition) is 2. The molecule has 0 atom stereocenters. The van der Waals surface area contributed by atoms with Crippen LogP contribution in [0.1, 0.15) is 42.9 Å². The van der Waals surface area contributed by atoms with Gasteiger partial charge in [-0.25, -0.2) is 0 Å². The molecular formula is C21H26N2O. The SMILES string of the molecule is CC(C)c1ccc(NCCC(=O)N2CCc3ccccc3C2)cc1. The summed E-state index contributed by atoms with van der Waals surface area (Å²) in [5.41, 5.74) is 5.08. The van der Waals surface area contributed by atoms with E-state index < -0.39 is 0 Å². The molecule has 2 aromatic carbocycles. The third-order valence-corrected chi connectivity index (χ3v) is 4.73. The Morgan fingerprint density at radius 2 is 1.79 bits per heavy atom. The predicted octanol–water partition coefficient (Wildman–Crippen LogP) is 4.20. The molecule has 1 aliphatic rings. The van der Waals surface area contributed by atoms with E-state index in [-0.39, 0.29) is 5.91 Å². The molecule has 0 aliphatic carbocycles. The average Bonchev–Trinajstić information content (AvgIpc) is 2.61. The van der Waals surface area contributed by atoms with E-state index in [2.05, 4.69) is 67.7 Å². The molecule has 1 heterocycles. The second kappa shape index (κ2) is 7.52. The Hall–Kier alpha value is -2.29. The van der Waals surface area contributed by atoms with Gasteiger partial charge in [-0.1, -0.05) is 50.2 Å². The zero-order valence-electron chi connectivity index (χ0n) is 14.6. The van der Waals surface area contributed by atoms with Crippen molar-refractivity contribution in [3.8, 4) is 0 Å². The first-order valence-electron chi connectivity index (χ1n) is 8.82. The number of carbonyl (C=O) groups is 1. The molecule has 1 amide bonds. The summed E-state index contributed by atoms with van der Waals surface area (Å²) >= 11 is 0. The minimum atomic E-state index is 0.232. The first-order valence-corrected chi connectivity index (χ1v) is 8.82. The van der Waals surface area contributed by atoms with Crippen LogP contribution in [0.5, 0.6) is 0 Å². The monoisotopic (exact) mass is 322 g/mol. The first-order chi connectivity index (χ1) is 11.6. The van der Waals surface area contributed by atoms with Crippen molar-refractivity contribution in [1.29, 1.82) is 0 Å². The Morgan fingerprint density at radius 1 is 1.08 bits per heavy atom. The van der Waals surface area contributed by atoms with Crippen molar-refractivity contribution in [1.82, 2.24) is 4.90 Å². The zero-order valence-corrected chi connectivity index (χ0v) is 14.6. The minimum absolute atomic E-state index is 0.232. The summed E-state index contributed by atoms with van der Waals surface area (Å²) in [7, 11) is 0. The predicted molar refractivity (Wildman–Crippen MR) is 99.2 cm³/mol. The van der Waals surface area contributed by atoms with Gasteiger partial charge >= 0.3 is 0 Å². The maximum atomic E-state index is 12.4. The number of anilines is 1. The molecule has 0 saturated heterocycles. The largest absolute Gasteiger partial charge is 0.385 e. The molecule has 1 N–H and O–H groups in total. The van der Waals surface area contributed by atoms with Crippen molar-refractivity contribution in [3.63, 3.8) is 0 Å². The number of fused-ring (bicyclic) bond motifs is 1. The van der Waals surface area contributed by atoms with E-state index in [1.165, 1.54) is 16.7 Å². The third kappa shape index (κ3) is 3.97. The van der Waals surface area contributed by atoms with Crippen molar-refractivity contribution in [2.75, 3.05) is 18.4 Å². The number of rotatable bonds is 5. The topological polar surface area (TPSA) is 32.3 Å². The van der Waals surface area contributed by atoms with Gasteiger partial charge in [-0.15, -0.1) is 0 Å². The van der Waals surface area contributed by atoms with Crippen LogP contribution in [0.25, 0.3) is 0 Å². The summed E-state index contributed by atoms with van der Waals surface area (Å²) in [5, 5.41) is 3.35. The van der Waals surface area contributed by atoms with Crippen LogP contribution in [0, 0.1) is 0 Å². The van der Waals surface area contributed by atoms with Crippen LogP contribution < -0.4 is 5.32 Å². The van der Waals surface area contributed by atoms with Crippen LogP contribution in [0.4, 0.5) is 5.69 Å². The average molecular weight is 322 g/mol. The van der Waals surface area contributed by atoms with E-state index in [1.54, 1.807) is 0 Å². The van der Waals surface area contributed by atoms with Gasteiger partial charge in [-0.3, -0.25) is 4.79 Å². The first kappa shape index (κ1) is 16.6. The van der Waals surface area contributed by atoms with E-state index in [0.29, 0.717) is 18.9 Å². The fraction of sp³-hybridized carbons (Fsp3) is 0.381. The summed E-state index contributed by atoms with van der Waals surface area (Å²) < 4.78 is 0. The van der Waals surface area contributed by atoms with Gasteiger partial charge in [0.15, 0.2) is 0 Å². The molecule has 0 saturated carbocycles. The number of amides is 1. The summed E-state index contributed by atoms with van der Waals surface area (Å²) in [4.78, 5) is 14.4. The van der Waals surface area contributed by atoms with Crippen molar-refractivity contribution in [3.05, 3.63) is 65.2 Å². The number of benzene rings is 2. The normalized spacial score (nSPS) is 13.7. The van der Waals surface area contributed by atoms with E-state index in [1.807, 2.05) is 4.90 Å². The van der Waals surface area contributed by atoms with E-state index >= 15 is 0 Å². The van der Waals surface area contributed by atoms with Gasteiger partial charge in [0, 0.05) is 31.7 Å². The zero-order chi connectivity index (χ0) is 16.9. The van der Waals surface area contributed by atoms with E-state index in [4.69, 9.17) is 0 Å². The number of carbonyl (C=O) groups excluding carboxylic acids is 1. The van der Waals surface area contributed by atoms with Crippen LogP contribution in [-0.4, -0.2) is 23.9 Å². The molecule has 1 aliphatic heterocycles. The second-order valence-corrected chi connectivity index (χ2v) is 6.79. The highest BCUT2D eigenvalue weighted by Crippen LogP contribution is 2.19. The van der Waals surface area contributed by atoms with E-state index in [9.17, 15) is 4.79 Å². The molecular weight excluding hydrogens is 296 g/mol.